The molecule has 1 unspecified atom stereocenters. The molecule has 3 N–H and O–H groups in total. The van der Waals surface area contributed by atoms with Crippen molar-refractivity contribution in [3.05, 3.63) is 64.3 Å². The lowest BCUT2D eigenvalue weighted by Gasteiger charge is -2.16. The fraction of sp³-hybridized carbons (Fsp3) is 0.370. The summed E-state index contributed by atoms with van der Waals surface area (Å²) < 4.78 is 13.0. The smallest absolute Gasteiger partial charge is 0.341 e. The zero-order chi connectivity index (χ0) is 28.7. The van der Waals surface area contributed by atoms with Gasteiger partial charge in [-0.15, -0.1) is 28.1 Å². The molecule has 1 atom stereocenters. The van der Waals surface area contributed by atoms with Crippen molar-refractivity contribution in [3.63, 3.8) is 0 Å². The van der Waals surface area contributed by atoms with Gasteiger partial charge in [0, 0.05) is 6.54 Å². The van der Waals surface area contributed by atoms with Crippen LogP contribution in [0.5, 0.6) is 5.75 Å². The molecule has 2 heterocycles. The normalized spacial score (nSPS) is 11.7. The summed E-state index contributed by atoms with van der Waals surface area (Å²) in [7, 11) is 0. The first-order valence-electron chi connectivity index (χ1n) is 12.4. The highest BCUT2D eigenvalue weighted by molar-refractivity contribution is 7.99. The molecule has 3 rings (SSSR count). The van der Waals surface area contributed by atoms with E-state index in [0.717, 1.165) is 11.3 Å². The Kier molecular flexibility index (Phi) is 10.3. The summed E-state index contributed by atoms with van der Waals surface area (Å²) in [6, 6.07) is 7.94. The third-order valence-corrected chi connectivity index (χ3v) is 7.90. The second-order valence-electron chi connectivity index (χ2n) is 8.91. The van der Waals surface area contributed by atoms with Gasteiger partial charge in [0.1, 0.15) is 10.8 Å². The largest absolute Gasteiger partial charge is 0.483 e. The molecule has 3 aromatic rings. The Bertz CT molecular complexity index is 1350. The maximum atomic E-state index is 12.8. The first-order valence-corrected chi connectivity index (χ1v) is 14.2. The SMILES string of the molecule is C=CCn1c(SCC(=O)Nc2sc(C(N)=O)c(C)c2C(=O)OCC)nnc1C(C)Oc1ccc(C(C)C)cc1. The Balaban J connectivity index is 1.73. The van der Waals surface area contributed by atoms with Crippen LogP contribution in [0.3, 0.4) is 0 Å². The molecule has 0 saturated heterocycles. The fourth-order valence-corrected chi connectivity index (χ4v) is 5.59. The van der Waals surface area contributed by atoms with Crippen LogP contribution in [-0.4, -0.2) is 44.9 Å². The number of hydrogen-bond donors (Lipinski definition) is 2. The van der Waals surface area contributed by atoms with Crippen LogP contribution in [0.15, 0.2) is 42.1 Å². The van der Waals surface area contributed by atoms with Gasteiger partial charge in [0.2, 0.25) is 5.91 Å². The van der Waals surface area contributed by atoms with E-state index in [9.17, 15) is 14.4 Å². The van der Waals surface area contributed by atoms with Gasteiger partial charge in [-0.3, -0.25) is 14.2 Å². The minimum Gasteiger partial charge on any atom is -0.483 e. The number of ether oxygens (including phenoxy) is 2. The van der Waals surface area contributed by atoms with Gasteiger partial charge >= 0.3 is 5.97 Å². The molecule has 2 amide bonds. The van der Waals surface area contributed by atoms with Gasteiger partial charge in [-0.25, -0.2) is 4.79 Å². The van der Waals surface area contributed by atoms with Gasteiger partial charge in [-0.05, 0) is 49.9 Å². The van der Waals surface area contributed by atoms with Crippen molar-refractivity contribution in [2.45, 2.75) is 58.3 Å². The molecule has 10 nitrogen and oxygen atoms in total. The molecule has 0 spiro atoms. The van der Waals surface area contributed by atoms with E-state index in [-0.39, 0.29) is 27.8 Å². The Morgan fingerprint density at radius 2 is 1.90 bits per heavy atom. The van der Waals surface area contributed by atoms with Crippen molar-refractivity contribution in [2.75, 3.05) is 17.7 Å². The van der Waals surface area contributed by atoms with E-state index in [0.29, 0.717) is 34.8 Å². The number of rotatable bonds is 13. The van der Waals surface area contributed by atoms with Crippen molar-refractivity contribution in [2.24, 2.45) is 5.73 Å². The molecule has 12 heteroatoms. The van der Waals surface area contributed by atoms with Gasteiger partial charge in [-0.1, -0.05) is 43.8 Å². The predicted molar refractivity (Wildman–Crippen MR) is 153 cm³/mol. The minimum atomic E-state index is -0.685. The average molecular weight is 572 g/mol. The first kappa shape index (κ1) is 29.9. The highest BCUT2D eigenvalue weighted by atomic mass is 32.2. The summed E-state index contributed by atoms with van der Waals surface area (Å²) in [5.41, 5.74) is 7.16. The zero-order valence-electron chi connectivity index (χ0n) is 22.6. The molecule has 0 saturated carbocycles. The van der Waals surface area contributed by atoms with Gasteiger partial charge in [0.05, 0.1) is 22.8 Å². The molecule has 39 heavy (non-hydrogen) atoms. The van der Waals surface area contributed by atoms with E-state index >= 15 is 0 Å². The number of carbonyl (C=O) groups is 3. The monoisotopic (exact) mass is 571 g/mol. The average Bonchev–Trinajstić information content (AvgIpc) is 3.43. The standard InChI is InChI=1S/C27H33N5O5S2/c1-7-13-32-24(17(6)37-19-11-9-18(10-12-19)15(3)4)30-31-27(32)38-14-20(33)29-25-21(26(35)36-8-2)16(5)22(39-25)23(28)34/h7,9-12,15,17H,1,8,13-14H2,2-6H3,(H2,28,34)(H,29,33). The summed E-state index contributed by atoms with van der Waals surface area (Å²) in [6.45, 7) is 13.8. The van der Waals surface area contributed by atoms with Gasteiger partial charge in [-0.2, -0.15) is 0 Å². The Morgan fingerprint density at radius 3 is 2.49 bits per heavy atom. The van der Waals surface area contributed by atoms with E-state index in [1.165, 1.54) is 17.3 Å². The number of carbonyl (C=O) groups excluding carboxylic acids is 3. The van der Waals surface area contributed by atoms with E-state index in [2.05, 4.69) is 35.9 Å². The van der Waals surface area contributed by atoms with Gasteiger partial charge < -0.3 is 20.5 Å². The van der Waals surface area contributed by atoms with Crippen LogP contribution < -0.4 is 15.8 Å². The number of hydrogen-bond acceptors (Lipinski definition) is 9. The molecule has 2 aromatic heterocycles. The van der Waals surface area contributed by atoms with E-state index in [4.69, 9.17) is 15.2 Å². The van der Waals surface area contributed by atoms with Crippen LogP contribution in [-0.2, 0) is 16.1 Å². The topological polar surface area (TPSA) is 138 Å². The summed E-state index contributed by atoms with van der Waals surface area (Å²) in [6.07, 6.45) is 1.31. The molecule has 0 radical (unpaired) electrons. The molecule has 0 aliphatic carbocycles. The lowest BCUT2D eigenvalue weighted by molar-refractivity contribution is -0.113. The Labute approximate surface area is 236 Å². The number of nitrogens with zero attached hydrogens (tertiary/aromatic N) is 3. The maximum Gasteiger partial charge on any atom is 0.341 e. The quantitative estimate of drug-likeness (QED) is 0.164. The lowest BCUT2D eigenvalue weighted by atomic mass is 10.0. The molecule has 0 aliphatic rings. The van der Waals surface area contributed by atoms with Crippen LogP contribution in [0.4, 0.5) is 5.00 Å². The number of primary amides is 1. The number of thioether (sulfide) groups is 1. The Hall–Kier alpha value is -3.64. The van der Waals surface area contributed by atoms with Crippen molar-refractivity contribution in [1.82, 2.24) is 14.8 Å². The minimum absolute atomic E-state index is 0.0215. The number of esters is 1. The summed E-state index contributed by atoms with van der Waals surface area (Å²) in [4.78, 5) is 37.3. The molecule has 208 valence electrons. The zero-order valence-corrected chi connectivity index (χ0v) is 24.3. The third kappa shape index (κ3) is 7.27. The number of allylic oxidation sites excluding steroid dienone is 1. The molecule has 1 aromatic carbocycles. The Morgan fingerprint density at radius 1 is 1.21 bits per heavy atom. The summed E-state index contributed by atoms with van der Waals surface area (Å²) in [5.74, 6) is -0.00318. The van der Waals surface area contributed by atoms with Crippen LogP contribution >= 0.6 is 23.1 Å². The highest BCUT2D eigenvalue weighted by Crippen LogP contribution is 2.34. The summed E-state index contributed by atoms with van der Waals surface area (Å²) >= 11 is 2.12. The van der Waals surface area contributed by atoms with E-state index < -0.39 is 23.9 Å². The molecular weight excluding hydrogens is 538 g/mol. The van der Waals surface area contributed by atoms with Crippen LogP contribution in [0.2, 0.25) is 0 Å². The number of anilines is 1. The van der Waals surface area contributed by atoms with Crippen molar-refractivity contribution < 1.29 is 23.9 Å². The van der Waals surface area contributed by atoms with Crippen LogP contribution in [0, 0.1) is 6.92 Å². The highest BCUT2D eigenvalue weighted by Gasteiger charge is 2.26. The number of benzene rings is 1. The molecule has 0 bridgehead atoms. The summed E-state index contributed by atoms with van der Waals surface area (Å²) in [5, 5.41) is 12.0. The fourth-order valence-electron chi connectivity index (χ4n) is 3.77. The van der Waals surface area contributed by atoms with Gasteiger partial charge in [0.15, 0.2) is 17.1 Å². The van der Waals surface area contributed by atoms with Gasteiger partial charge in [0.25, 0.3) is 5.91 Å². The number of aromatic nitrogens is 3. The van der Waals surface area contributed by atoms with E-state index in [1.807, 2.05) is 35.8 Å². The molecule has 0 fully saturated rings. The number of nitrogens with one attached hydrogen (secondary N) is 1. The second-order valence-corrected chi connectivity index (χ2v) is 10.9. The van der Waals surface area contributed by atoms with Crippen molar-refractivity contribution in [1.29, 1.82) is 0 Å². The molecular formula is C27H33N5O5S2. The number of nitrogens with two attached hydrogens (primary N) is 1. The first-order chi connectivity index (χ1) is 18.6. The van der Waals surface area contributed by atoms with Crippen LogP contribution in [0.1, 0.15) is 76.7 Å². The number of amides is 2. The predicted octanol–water partition coefficient (Wildman–Crippen LogP) is 5.10. The van der Waals surface area contributed by atoms with Crippen LogP contribution in [0.25, 0.3) is 0 Å². The van der Waals surface area contributed by atoms with Crippen molar-refractivity contribution >= 4 is 45.9 Å². The van der Waals surface area contributed by atoms with Crippen molar-refractivity contribution in [3.8, 4) is 5.75 Å². The number of thiophene rings is 1. The lowest BCUT2D eigenvalue weighted by Crippen LogP contribution is -2.17. The third-order valence-electron chi connectivity index (χ3n) is 5.72. The second kappa shape index (κ2) is 13.4. The van der Waals surface area contributed by atoms with E-state index in [1.54, 1.807) is 19.9 Å². The molecule has 0 aliphatic heterocycles. The maximum absolute atomic E-state index is 12.8.